The van der Waals surface area contributed by atoms with Crippen molar-refractivity contribution in [2.45, 2.75) is 128 Å². The van der Waals surface area contributed by atoms with Gasteiger partial charge in [-0.15, -0.1) is 0 Å². The normalized spacial score (nSPS) is 39.2. The number of likely N-dealkylation sites (N-methyl/N-ethyl adjacent to an activating group) is 1. The van der Waals surface area contributed by atoms with Crippen LogP contribution in [0.3, 0.4) is 0 Å². The third kappa shape index (κ3) is 10.1. The van der Waals surface area contributed by atoms with E-state index in [1.165, 1.54) is 7.11 Å². The summed E-state index contributed by atoms with van der Waals surface area (Å²) >= 11 is 0. The Morgan fingerprint density at radius 3 is 2.36 bits per heavy atom. The van der Waals surface area contributed by atoms with Gasteiger partial charge in [0.2, 0.25) is 0 Å². The van der Waals surface area contributed by atoms with Crippen LogP contribution in [0.1, 0.15) is 66.7 Å². The predicted octanol–water partition coefficient (Wildman–Crippen LogP) is 2.36. The number of aliphatic hydroxyl groups is 3. The van der Waals surface area contributed by atoms with Gasteiger partial charge in [0.1, 0.15) is 24.4 Å². The summed E-state index contributed by atoms with van der Waals surface area (Å²) in [5, 5.41) is 32.9. The molecule has 0 radical (unpaired) electrons. The quantitative estimate of drug-likeness (QED) is 0.371. The molecule has 0 aliphatic carbocycles. The second-order valence-electron chi connectivity index (χ2n) is 11.8. The first-order valence-corrected chi connectivity index (χ1v) is 15.1. The van der Waals surface area contributed by atoms with Gasteiger partial charge in [0.05, 0.1) is 36.9 Å². The molecule has 0 spiro atoms. The first kappa shape index (κ1) is 36.3. The molecule has 1 saturated heterocycles. The molecule has 42 heavy (non-hydrogen) atoms. The van der Waals surface area contributed by atoms with Gasteiger partial charge in [-0.3, -0.25) is 9.59 Å². The van der Waals surface area contributed by atoms with Crippen LogP contribution in [0.2, 0.25) is 0 Å². The maximum Gasteiger partial charge on any atom is 0.309 e. The molecule has 0 aromatic rings. The van der Waals surface area contributed by atoms with Crippen molar-refractivity contribution < 1.29 is 48.6 Å². The lowest BCUT2D eigenvalue weighted by Crippen LogP contribution is -2.63. The number of nitrogens with zero attached hydrogens (tertiary/aromatic N) is 1. The van der Waals surface area contributed by atoms with Gasteiger partial charge in [0.15, 0.2) is 6.29 Å². The van der Waals surface area contributed by atoms with Crippen molar-refractivity contribution in [2.75, 3.05) is 21.2 Å². The zero-order chi connectivity index (χ0) is 31.6. The van der Waals surface area contributed by atoms with E-state index >= 15 is 0 Å². The monoisotopic (exact) mass is 599 g/mol. The van der Waals surface area contributed by atoms with Crippen LogP contribution in [0, 0.1) is 11.8 Å². The molecule has 0 aromatic heterocycles. The molecule has 0 amide bonds. The van der Waals surface area contributed by atoms with Crippen LogP contribution in [0.25, 0.3) is 0 Å². The lowest BCUT2D eigenvalue weighted by Gasteiger charge is -2.47. The van der Waals surface area contributed by atoms with Crippen molar-refractivity contribution in [3.05, 3.63) is 24.3 Å². The molecule has 11 nitrogen and oxygen atoms in total. The summed E-state index contributed by atoms with van der Waals surface area (Å²) < 4.78 is 29.8. The van der Waals surface area contributed by atoms with E-state index in [2.05, 4.69) is 0 Å². The lowest BCUT2D eigenvalue weighted by atomic mass is 9.82. The Balaban J connectivity index is 2.58. The highest BCUT2D eigenvalue weighted by Gasteiger charge is 2.48. The summed E-state index contributed by atoms with van der Waals surface area (Å²) in [5.41, 5.74) is 0. The van der Waals surface area contributed by atoms with Crippen molar-refractivity contribution in [3.8, 4) is 0 Å². The molecule has 12 unspecified atom stereocenters. The molecule has 2 rings (SSSR count). The third-order valence-electron chi connectivity index (χ3n) is 8.20. The molecule has 242 valence electrons. The fraction of sp³-hybridized carbons (Fsp3) is 0.806. The highest BCUT2D eigenvalue weighted by Crippen LogP contribution is 2.34. The van der Waals surface area contributed by atoms with Gasteiger partial charge in [-0.05, 0) is 46.2 Å². The number of carbonyl (C=O) groups is 2. The second kappa shape index (κ2) is 17.4. The summed E-state index contributed by atoms with van der Waals surface area (Å²) in [7, 11) is 4.96. The van der Waals surface area contributed by atoms with E-state index in [0.717, 1.165) is 0 Å². The molecular weight excluding hydrogens is 546 g/mol. The maximum atomic E-state index is 13.0. The average molecular weight is 600 g/mol. The summed E-state index contributed by atoms with van der Waals surface area (Å²) in [6, 6.07) is -0.671. The highest BCUT2D eigenvalue weighted by molar-refractivity contribution is 5.72. The Bertz CT molecular complexity index is 895. The van der Waals surface area contributed by atoms with Gasteiger partial charge in [-0.2, -0.15) is 0 Å². The van der Waals surface area contributed by atoms with Crippen molar-refractivity contribution >= 4 is 11.9 Å². The molecule has 12 atom stereocenters. The fourth-order valence-electron chi connectivity index (χ4n) is 5.67. The minimum absolute atomic E-state index is 0.0891. The van der Waals surface area contributed by atoms with Gasteiger partial charge in [0.25, 0.3) is 0 Å². The Kier molecular flexibility index (Phi) is 15.1. The molecule has 1 fully saturated rings. The molecule has 0 bridgehead atoms. The minimum atomic E-state index is -1.22. The Hall–Kier alpha value is -1.86. The minimum Gasteiger partial charge on any atom is -0.462 e. The van der Waals surface area contributed by atoms with E-state index in [1.54, 1.807) is 58.0 Å². The third-order valence-corrected chi connectivity index (χ3v) is 8.20. The number of ether oxygens (including phenoxy) is 5. The van der Waals surface area contributed by atoms with Gasteiger partial charge in [-0.25, -0.2) is 0 Å². The van der Waals surface area contributed by atoms with Crippen LogP contribution in [-0.4, -0.2) is 115 Å². The number of methoxy groups -OCH3 is 1. The maximum absolute atomic E-state index is 13.0. The van der Waals surface area contributed by atoms with Crippen LogP contribution in [0.4, 0.5) is 0 Å². The van der Waals surface area contributed by atoms with Crippen molar-refractivity contribution in [1.29, 1.82) is 0 Å². The average Bonchev–Trinajstić information content (AvgIpc) is 2.92. The van der Waals surface area contributed by atoms with E-state index in [4.69, 9.17) is 23.7 Å². The summed E-state index contributed by atoms with van der Waals surface area (Å²) in [5.74, 6) is -1.53. The number of esters is 2. The molecule has 0 aromatic carbocycles. The number of hydrogen-bond donors (Lipinski definition) is 3. The van der Waals surface area contributed by atoms with Crippen molar-refractivity contribution in [3.63, 3.8) is 0 Å². The van der Waals surface area contributed by atoms with Crippen molar-refractivity contribution in [1.82, 2.24) is 4.90 Å². The Morgan fingerprint density at radius 2 is 1.76 bits per heavy atom. The van der Waals surface area contributed by atoms with Crippen molar-refractivity contribution in [2.24, 2.45) is 11.8 Å². The Morgan fingerprint density at radius 1 is 1.07 bits per heavy atom. The first-order chi connectivity index (χ1) is 19.8. The zero-order valence-corrected chi connectivity index (χ0v) is 26.4. The number of rotatable bonds is 7. The van der Waals surface area contributed by atoms with Crippen LogP contribution in [-0.2, 0) is 33.3 Å². The standard InChI is InChI=1S/C31H53NO10/c1-9-21-16-18(3)22(33)15-13-11-12-14-19(4)39-25(35)17-23(41-24(34)10-2)30(38-8)29(21)42-31-28(37)26(32(6)7)27(36)20(5)40-31/h11-13,15,18-23,26-31,33,36-37H,9-10,14,16-17H2,1-8H3. The highest BCUT2D eigenvalue weighted by atomic mass is 16.7. The number of aliphatic hydroxyl groups excluding tert-OH is 3. The Labute approximate surface area is 250 Å². The summed E-state index contributed by atoms with van der Waals surface area (Å²) in [4.78, 5) is 27.3. The zero-order valence-electron chi connectivity index (χ0n) is 26.4. The molecular formula is C31H53NO10. The topological polar surface area (TPSA) is 144 Å². The van der Waals surface area contributed by atoms with Crippen LogP contribution < -0.4 is 0 Å². The number of hydrogen-bond acceptors (Lipinski definition) is 11. The smallest absolute Gasteiger partial charge is 0.309 e. The van der Waals surface area contributed by atoms with E-state index < -0.39 is 73.1 Å². The van der Waals surface area contributed by atoms with Gasteiger partial charge < -0.3 is 43.9 Å². The van der Waals surface area contributed by atoms with Crippen LogP contribution >= 0.6 is 0 Å². The second-order valence-corrected chi connectivity index (χ2v) is 11.8. The summed E-state index contributed by atoms with van der Waals surface area (Å²) in [6.07, 6.45) is 0.507. The lowest BCUT2D eigenvalue weighted by molar-refractivity contribution is -0.310. The summed E-state index contributed by atoms with van der Waals surface area (Å²) in [6.45, 7) is 9.04. The van der Waals surface area contributed by atoms with E-state index in [9.17, 15) is 24.9 Å². The molecule has 2 aliphatic rings. The fourth-order valence-corrected chi connectivity index (χ4v) is 5.67. The van der Waals surface area contributed by atoms with E-state index in [0.29, 0.717) is 19.3 Å². The largest absolute Gasteiger partial charge is 0.462 e. The van der Waals surface area contributed by atoms with E-state index in [-0.39, 0.29) is 24.7 Å². The molecule has 2 heterocycles. The molecule has 3 N–H and O–H groups in total. The molecule has 0 saturated carbocycles. The van der Waals surface area contributed by atoms with E-state index in [1.807, 2.05) is 19.9 Å². The van der Waals surface area contributed by atoms with Gasteiger partial charge in [0, 0.05) is 20.0 Å². The predicted molar refractivity (Wildman–Crippen MR) is 156 cm³/mol. The SMILES string of the molecule is CCC(=O)OC1CC(=O)OC(C)CC=CC=CC(O)C(C)CC(CC)C(OC2OC(C)C(O)C(N(C)C)C2O)C1OC. The van der Waals surface area contributed by atoms with Gasteiger partial charge >= 0.3 is 11.9 Å². The first-order valence-electron chi connectivity index (χ1n) is 15.1. The van der Waals surface area contributed by atoms with Crippen LogP contribution in [0.15, 0.2) is 24.3 Å². The number of allylic oxidation sites excluding steroid dienone is 2. The number of carbonyl (C=O) groups excluding carboxylic acids is 2. The molecule has 2 aliphatic heterocycles. The molecule has 11 heteroatoms. The van der Waals surface area contributed by atoms with Gasteiger partial charge in [-0.1, -0.05) is 51.5 Å². The number of cyclic esters (lactones) is 1. The van der Waals surface area contributed by atoms with Crippen LogP contribution in [0.5, 0.6) is 0 Å².